The molecule has 19 heavy (non-hydrogen) atoms. The molecule has 0 spiro atoms. The minimum Gasteiger partial charge on any atom is -0.329 e. The van der Waals surface area contributed by atoms with Crippen LogP contribution in [0.15, 0.2) is 18.2 Å². The van der Waals surface area contributed by atoms with Gasteiger partial charge in [0.15, 0.2) is 0 Å². The van der Waals surface area contributed by atoms with Crippen LogP contribution in [0, 0.1) is 6.92 Å². The Kier molecular flexibility index (Phi) is 3.80. The van der Waals surface area contributed by atoms with Gasteiger partial charge in [0.2, 0.25) is 11.8 Å². The number of hydrogen-bond acceptors (Lipinski definition) is 2. The zero-order chi connectivity index (χ0) is 14.2. The number of hydrogen-bond donors (Lipinski definition) is 0. The minimum atomic E-state index is -0.426. The molecule has 5 heteroatoms. The molecule has 2 rings (SSSR count). The number of carbonyl (C=O) groups is 2. The molecule has 0 aromatic heterocycles. The number of amides is 2. The lowest BCUT2D eigenvalue weighted by atomic mass is 10.1. The van der Waals surface area contributed by atoms with Crippen LogP contribution < -0.4 is 4.90 Å². The van der Waals surface area contributed by atoms with E-state index in [4.69, 9.17) is 11.6 Å². The fourth-order valence-corrected chi connectivity index (χ4v) is 2.60. The highest BCUT2D eigenvalue weighted by Crippen LogP contribution is 2.28. The largest absolute Gasteiger partial charge is 0.329 e. The molecule has 2 amide bonds. The quantitative estimate of drug-likeness (QED) is 0.791. The molecule has 1 atom stereocenters. The van der Waals surface area contributed by atoms with Gasteiger partial charge in [-0.1, -0.05) is 17.7 Å². The molecule has 0 unspecified atom stereocenters. The molecule has 0 radical (unpaired) electrons. The monoisotopic (exact) mass is 280 g/mol. The molecule has 1 saturated heterocycles. The second kappa shape index (κ2) is 5.21. The second-order valence-electron chi connectivity index (χ2n) is 4.76. The molecule has 0 saturated carbocycles. The molecule has 0 bridgehead atoms. The lowest BCUT2D eigenvalue weighted by molar-refractivity contribution is -0.139. The smallest absolute Gasteiger partial charge is 0.249 e. The van der Waals surface area contributed by atoms with Crippen molar-refractivity contribution in [1.29, 1.82) is 0 Å². The zero-order valence-corrected chi connectivity index (χ0v) is 12.1. The van der Waals surface area contributed by atoms with E-state index < -0.39 is 6.04 Å². The van der Waals surface area contributed by atoms with E-state index in [9.17, 15) is 9.59 Å². The lowest BCUT2D eigenvalue weighted by Crippen LogP contribution is -2.57. The number of benzene rings is 1. The van der Waals surface area contributed by atoms with E-state index in [1.165, 1.54) is 6.92 Å². The third-order valence-electron chi connectivity index (χ3n) is 3.59. The maximum absolute atomic E-state index is 12.4. The molecule has 1 aliphatic heterocycles. The van der Waals surface area contributed by atoms with Crippen molar-refractivity contribution < 1.29 is 9.59 Å². The van der Waals surface area contributed by atoms with Crippen molar-refractivity contribution in [2.75, 3.05) is 18.0 Å². The Morgan fingerprint density at radius 3 is 2.68 bits per heavy atom. The Labute approximate surface area is 117 Å². The van der Waals surface area contributed by atoms with Gasteiger partial charge < -0.3 is 9.80 Å². The number of rotatable bonds is 1. The third kappa shape index (κ3) is 2.45. The van der Waals surface area contributed by atoms with E-state index in [1.807, 2.05) is 19.1 Å². The van der Waals surface area contributed by atoms with E-state index in [1.54, 1.807) is 22.8 Å². The van der Waals surface area contributed by atoms with Crippen molar-refractivity contribution in [1.82, 2.24) is 4.90 Å². The molecule has 1 aromatic rings. The first kappa shape index (κ1) is 13.9. The van der Waals surface area contributed by atoms with Crippen molar-refractivity contribution in [3.8, 4) is 0 Å². The summed E-state index contributed by atoms with van der Waals surface area (Å²) in [6.07, 6.45) is 0. The van der Waals surface area contributed by atoms with E-state index in [2.05, 4.69) is 0 Å². The Hall–Kier alpha value is -1.55. The normalized spacial score (nSPS) is 19.8. The molecule has 1 aromatic carbocycles. The molecular formula is C14H17ClN2O2. The van der Waals surface area contributed by atoms with E-state index in [0.29, 0.717) is 18.1 Å². The van der Waals surface area contributed by atoms with Gasteiger partial charge in [-0.2, -0.15) is 0 Å². The van der Waals surface area contributed by atoms with Crippen LogP contribution in [0.1, 0.15) is 19.4 Å². The highest BCUT2D eigenvalue weighted by Gasteiger charge is 2.34. The number of piperazine rings is 1. The summed E-state index contributed by atoms with van der Waals surface area (Å²) in [5.74, 6) is -0.130. The molecule has 1 heterocycles. The van der Waals surface area contributed by atoms with Crippen LogP contribution in [0.3, 0.4) is 0 Å². The summed E-state index contributed by atoms with van der Waals surface area (Å²) < 4.78 is 0. The summed E-state index contributed by atoms with van der Waals surface area (Å²) in [6.45, 7) is 6.20. The number of anilines is 1. The van der Waals surface area contributed by atoms with Crippen molar-refractivity contribution in [3.05, 3.63) is 28.8 Å². The van der Waals surface area contributed by atoms with Crippen LogP contribution in [0.2, 0.25) is 5.02 Å². The summed E-state index contributed by atoms with van der Waals surface area (Å²) in [5, 5.41) is 0.645. The first-order chi connectivity index (χ1) is 8.93. The van der Waals surface area contributed by atoms with E-state index in [0.717, 1.165) is 11.3 Å². The summed E-state index contributed by atoms with van der Waals surface area (Å²) in [6, 6.07) is 5.10. The molecule has 0 N–H and O–H groups in total. The highest BCUT2D eigenvalue weighted by atomic mass is 35.5. The van der Waals surface area contributed by atoms with Gasteiger partial charge in [0.1, 0.15) is 6.04 Å². The van der Waals surface area contributed by atoms with Crippen LogP contribution in [0.25, 0.3) is 0 Å². The Morgan fingerprint density at radius 1 is 1.37 bits per heavy atom. The van der Waals surface area contributed by atoms with Crippen molar-refractivity contribution in [2.24, 2.45) is 0 Å². The fourth-order valence-electron chi connectivity index (χ4n) is 2.43. The average molecular weight is 281 g/mol. The molecule has 1 aliphatic rings. The first-order valence-electron chi connectivity index (χ1n) is 6.27. The van der Waals surface area contributed by atoms with Gasteiger partial charge in [-0.25, -0.2) is 0 Å². The lowest BCUT2D eigenvalue weighted by Gasteiger charge is -2.39. The van der Waals surface area contributed by atoms with Crippen LogP contribution in [-0.4, -0.2) is 35.8 Å². The highest BCUT2D eigenvalue weighted by molar-refractivity contribution is 6.31. The maximum Gasteiger partial charge on any atom is 0.249 e. The van der Waals surface area contributed by atoms with E-state index >= 15 is 0 Å². The topological polar surface area (TPSA) is 40.6 Å². The van der Waals surface area contributed by atoms with Crippen molar-refractivity contribution >= 4 is 29.1 Å². The van der Waals surface area contributed by atoms with Gasteiger partial charge in [-0.05, 0) is 31.5 Å². The molecular weight excluding hydrogens is 264 g/mol. The zero-order valence-electron chi connectivity index (χ0n) is 11.3. The summed E-state index contributed by atoms with van der Waals surface area (Å²) in [7, 11) is 0. The van der Waals surface area contributed by atoms with Gasteiger partial charge in [0.05, 0.1) is 0 Å². The van der Waals surface area contributed by atoms with Crippen LogP contribution >= 0.6 is 11.6 Å². The summed E-state index contributed by atoms with van der Waals surface area (Å²) in [4.78, 5) is 27.2. The van der Waals surface area contributed by atoms with Crippen molar-refractivity contribution in [3.63, 3.8) is 0 Å². The predicted molar refractivity (Wildman–Crippen MR) is 75.4 cm³/mol. The van der Waals surface area contributed by atoms with Crippen LogP contribution in [-0.2, 0) is 9.59 Å². The fraction of sp³-hybridized carbons (Fsp3) is 0.429. The summed E-state index contributed by atoms with van der Waals surface area (Å²) >= 11 is 6.09. The number of nitrogens with zero attached hydrogens (tertiary/aromatic N) is 2. The Morgan fingerprint density at radius 2 is 2.05 bits per heavy atom. The average Bonchev–Trinajstić information content (AvgIpc) is 2.36. The van der Waals surface area contributed by atoms with Crippen molar-refractivity contribution in [2.45, 2.75) is 26.8 Å². The first-order valence-corrected chi connectivity index (χ1v) is 6.65. The Balaban J connectivity index is 2.31. The van der Waals surface area contributed by atoms with E-state index in [-0.39, 0.29) is 11.8 Å². The third-order valence-corrected chi connectivity index (χ3v) is 4.00. The molecule has 4 nitrogen and oxygen atoms in total. The second-order valence-corrected chi connectivity index (χ2v) is 5.17. The minimum absolute atomic E-state index is 0.0631. The Bertz CT molecular complexity index is 530. The molecule has 1 fully saturated rings. The number of halogens is 1. The van der Waals surface area contributed by atoms with Gasteiger partial charge >= 0.3 is 0 Å². The SMILES string of the molecule is CC(=O)N1CCN(c2cccc(Cl)c2C)C(=O)[C@@H]1C. The van der Waals surface area contributed by atoms with Gasteiger partial charge in [-0.15, -0.1) is 0 Å². The van der Waals surface area contributed by atoms with Gasteiger partial charge in [-0.3, -0.25) is 9.59 Å². The number of carbonyl (C=O) groups excluding carboxylic acids is 2. The van der Waals surface area contributed by atoms with Gasteiger partial charge in [0.25, 0.3) is 0 Å². The standard InChI is InChI=1S/C14H17ClN2O2/c1-9-12(15)5-4-6-13(9)17-8-7-16(11(3)18)10(2)14(17)19/h4-6,10H,7-8H2,1-3H3/t10-/m0/s1. The molecule has 0 aliphatic carbocycles. The predicted octanol–water partition coefficient (Wildman–Crippen LogP) is 2.23. The maximum atomic E-state index is 12.4. The summed E-state index contributed by atoms with van der Waals surface area (Å²) in [5.41, 5.74) is 1.72. The van der Waals surface area contributed by atoms with Gasteiger partial charge in [0, 0.05) is 30.7 Å². The molecule has 102 valence electrons. The van der Waals surface area contributed by atoms with Crippen LogP contribution in [0.4, 0.5) is 5.69 Å². The van der Waals surface area contributed by atoms with Crippen LogP contribution in [0.5, 0.6) is 0 Å².